The first-order valence-electron chi connectivity index (χ1n) is 6.97. The van der Waals surface area contributed by atoms with Gasteiger partial charge in [-0.3, -0.25) is 0 Å². The van der Waals surface area contributed by atoms with Gasteiger partial charge >= 0.3 is 0 Å². The van der Waals surface area contributed by atoms with Crippen LogP contribution >= 0.6 is 0 Å². The van der Waals surface area contributed by atoms with Gasteiger partial charge in [0, 0.05) is 5.92 Å². The molecule has 0 heterocycles. The Labute approximate surface area is 110 Å². The molecule has 1 atom stereocenters. The second kappa shape index (κ2) is 4.61. The monoisotopic (exact) mass is 236 g/mol. The van der Waals surface area contributed by atoms with E-state index in [4.69, 9.17) is 0 Å². The van der Waals surface area contributed by atoms with Gasteiger partial charge in [0.05, 0.1) is 0 Å². The van der Waals surface area contributed by atoms with Crippen molar-refractivity contribution in [3.05, 3.63) is 64.8 Å². The Hall–Kier alpha value is -1.56. The molecule has 2 aliphatic carbocycles. The molecule has 3 rings (SSSR count). The molecule has 1 aromatic carbocycles. The Balaban J connectivity index is 2.03. The second-order valence-electron chi connectivity index (χ2n) is 5.29. The third kappa shape index (κ3) is 1.77. The maximum atomic E-state index is 2.43. The van der Waals surface area contributed by atoms with Crippen molar-refractivity contribution >= 4 is 5.57 Å². The van der Waals surface area contributed by atoms with E-state index in [1.807, 2.05) is 0 Å². The van der Waals surface area contributed by atoms with Gasteiger partial charge in [0.1, 0.15) is 0 Å². The van der Waals surface area contributed by atoms with Crippen molar-refractivity contribution in [2.75, 3.05) is 0 Å². The van der Waals surface area contributed by atoms with Gasteiger partial charge in [-0.05, 0) is 48.5 Å². The topological polar surface area (TPSA) is 0 Å². The van der Waals surface area contributed by atoms with Gasteiger partial charge in [-0.25, -0.2) is 0 Å². The standard InChI is InChI=1S/C18H20/c1-3-14-10-7-11-16-13(2)17(12-18(14)16)15-8-5-4-6-9-15/h3-6,8-9,12-13H,7,10-11H2,1-2H3/b14-3+. The van der Waals surface area contributed by atoms with Crippen molar-refractivity contribution in [3.63, 3.8) is 0 Å². The molecule has 0 amide bonds. The fourth-order valence-electron chi connectivity index (χ4n) is 3.31. The van der Waals surface area contributed by atoms with E-state index in [9.17, 15) is 0 Å². The maximum absolute atomic E-state index is 2.43. The Morgan fingerprint density at radius 3 is 2.61 bits per heavy atom. The molecule has 1 unspecified atom stereocenters. The second-order valence-corrected chi connectivity index (χ2v) is 5.29. The van der Waals surface area contributed by atoms with Crippen molar-refractivity contribution in [2.24, 2.45) is 5.92 Å². The lowest BCUT2D eigenvalue weighted by atomic mass is 9.84. The summed E-state index contributed by atoms with van der Waals surface area (Å²) in [5.41, 5.74) is 7.63. The van der Waals surface area contributed by atoms with Crippen LogP contribution < -0.4 is 0 Å². The maximum Gasteiger partial charge on any atom is 0.00350 e. The minimum atomic E-state index is 0.595. The zero-order valence-corrected chi connectivity index (χ0v) is 11.2. The number of benzene rings is 1. The van der Waals surface area contributed by atoms with E-state index >= 15 is 0 Å². The quantitative estimate of drug-likeness (QED) is 0.633. The summed E-state index contributed by atoms with van der Waals surface area (Å²) in [6.07, 6.45) is 8.58. The normalized spacial score (nSPS) is 25.3. The van der Waals surface area contributed by atoms with Crippen LogP contribution in [-0.4, -0.2) is 0 Å². The van der Waals surface area contributed by atoms with Gasteiger partial charge < -0.3 is 0 Å². The zero-order valence-electron chi connectivity index (χ0n) is 11.2. The molecule has 2 aliphatic rings. The Kier molecular flexibility index (Phi) is 2.95. The minimum absolute atomic E-state index is 0.595. The Morgan fingerprint density at radius 2 is 1.89 bits per heavy atom. The molecule has 0 saturated carbocycles. The highest BCUT2D eigenvalue weighted by Gasteiger charge is 2.28. The van der Waals surface area contributed by atoms with Crippen LogP contribution in [-0.2, 0) is 0 Å². The van der Waals surface area contributed by atoms with Gasteiger partial charge in [0.15, 0.2) is 0 Å². The summed E-state index contributed by atoms with van der Waals surface area (Å²) in [6, 6.07) is 10.8. The fourth-order valence-corrected chi connectivity index (χ4v) is 3.31. The molecule has 0 N–H and O–H groups in total. The molecule has 0 radical (unpaired) electrons. The third-order valence-electron chi connectivity index (χ3n) is 4.33. The lowest BCUT2D eigenvalue weighted by molar-refractivity contribution is 0.710. The largest absolute Gasteiger partial charge is 0.0838 e. The van der Waals surface area contributed by atoms with E-state index in [0.29, 0.717) is 5.92 Å². The van der Waals surface area contributed by atoms with Gasteiger partial charge in [0.25, 0.3) is 0 Å². The summed E-state index contributed by atoms with van der Waals surface area (Å²) >= 11 is 0. The van der Waals surface area contributed by atoms with Crippen LogP contribution in [0.5, 0.6) is 0 Å². The highest BCUT2D eigenvalue weighted by Crippen LogP contribution is 2.45. The molecule has 92 valence electrons. The van der Waals surface area contributed by atoms with E-state index in [1.165, 1.54) is 36.0 Å². The first-order chi connectivity index (χ1) is 8.81. The molecule has 0 nitrogen and oxygen atoms in total. The molecule has 0 saturated heterocycles. The molecule has 0 aromatic heterocycles. The first-order valence-corrected chi connectivity index (χ1v) is 6.97. The molecular weight excluding hydrogens is 216 g/mol. The van der Waals surface area contributed by atoms with Gasteiger partial charge in [-0.15, -0.1) is 0 Å². The van der Waals surface area contributed by atoms with Crippen molar-refractivity contribution in [3.8, 4) is 0 Å². The van der Waals surface area contributed by atoms with E-state index in [-0.39, 0.29) is 0 Å². The zero-order chi connectivity index (χ0) is 12.5. The van der Waals surface area contributed by atoms with Crippen molar-refractivity contribution in [2.45, 2.75) is 33.1 Å². The van der Waals surface area contributed by atoms with Crippen molar-refractivity contribution in [1.82, 2.24) is 0 Å². The molecule has 0 spiro atoms. The third-order valence-corrected chi connectivity index (χ3v) is 4.33. The highest BCUT2D eigenvalue weighted by molar-refractivity contribution is 5.79. The van der Waals surface area contributed by atoms with E-state index in [1.54, 1.807) is 11.1 Å². The highest BCUT2D eigenvalue weighted by atomic mass is 14.3. The van der Waals surface area contributed by atoms with Crippen molar-refractivity contribution in [1.29, 1.82) is 0 Å². The average Bonchev–Trinajstić information content (AvgIpc) is 2.77. The number of hydrogen-bond acceptors (Lipinski definition) is 0. The fraction of sp³-hybridized carbons (Fsp3) is 0.333. The van der Waals surface area contributed by atoms with E-state index in [0.717, 1.165) is 0 Å². The van der Waals surface area contributed by atoms with E-state index in [2.05, 4.69) is 56.3 Å². The van der Waals surface area contributed by atoms with Gasteiger partial charge in [-0.2, -0.15) is 0 Å². The van der Waals surface area contributed by atoms with Crippen LogP contribution in [0.1, 0.15) is 38.7 Å². The van der Waals surface area contributed by atoms with Crippen LogP contribution in [0.2, 0.25) is 0 Å². The van der Waals surface area contributed by atoms with Crippen LogP contribution in [0.15, 0.2) is 59.2 Å². The molecule has 0 bridgehead atoms. The van der Waals surface area contributed by atoms with Crippen LogP contribution in [0, 0.1) is 5.92 Å². The SMILES string of the molecule is C/C=C1\CCCC2=C1C=C(c1ccccc1)C2C. The van der Waals surface area contributed by atoms with Crippen LogP contribution in [0.3, 0.4) is 0 Å². The number of hydrogen-bond donors (Lipinski definition) is 0. The van der Waals surface area contributed by atoms with Crippen LogP contribution in [0.25, 0.3) is 5.57 Å². The predicted octanol–water partition coefficient (Wildman–Crippen LogP) is 5.15. The molecule has 0 aliphatic heterocycles. The van der Waals surface area contributed by atoms with Crippen molar-refractivity contribution < 1.29 is 0 Å². The molecule has 18 heavy (non-hydrogen) atoms. The smallest absolute Gasteiger partial charge is 0.00350 e. The molecule has 1 aromatic rings. The lowest BCUT2D eigenvalue weighted by Gasteiger charge is -2.20. The summed E-state index contributed by atoms with van der Waals surface area (Å²) in [7, 11) is 0. The van der Waals surface area contributed by atoms with Gasteiger partial charge in [-0.1, -0.05) is 55.0 Å². The Bertz CT molecular complexity index is 541. The molecular formula is C18H20. The summed E-state index contributed by atoms with van der Waals surface area (Å²) in [5, 5.41) is 0. The summed E-state index contributed by atoms with van der Waals surface area (Å²) < 4.78 is 0. The number of rotatable bonds is 1. The molecule has 0 fully saturated rings. The summed E-state index contributed by atoms with van der Waals surface area (Å²) in [5.74, 6) is 0.595. The van der Waals surface area contributed by atoms with Crippen LogP contribution in [0.4, 0.5) is 0 Å². The Morgan fingerprint density at radius 1 is 1.11 bits per heavy atom. The summed E-state index contributed by atoms with van der Waals surface area (Å²) in [4.78, 5) is 0. The average molecular weight is 236 g/mol. The number of allylic oxidation sites excluding steroid dienone is 6. The van der Waals surface area contributed by atoms with Gasteiger partial charge in [0.2, 0.25) is 0 Å². The summed E-state index contributed by atoms with van der Waals surface area (Å²) in [6.45, 7) is 4.53. The predicted molar refractivity (Wildman–Crippen MR) is 78.2 cm³/mol. The minimum Gasteiger partial charge on any atom is -0.0838 e. The molecule has 0 heteroatoms. The van der Waals surface area contributed by atoms with E-state index < -0.39 is 0 Å². The first kappa shape index (κ1) is 11.5. The lowest BCUT2D eigenvalue weighted by Crippen LogP contribution is -2.04.